The third-order valence-electron chi connectivity index (χ3n) is 2.67. The van der Waals surface area contributed by atoms with Gasteiger partial charge in [0, 0.05) is 5.56 Å². The SMILES string of the molecule is C=CC[N+](C)(C)Cc1ccc(CC)cc1. The lowest BCUT2D eigenvalue weighted by Gasteiger charge is -2.28. The Morgan fingerprint density at radius 3 is 2.13 bits per heavy atom. The topological polar surface area (TPSA) is 0 Å². The molecule has 1 aromatic rings. The lowest BCUT2D eigenvalue weighted by atomic mass is 10.1. The Hall–Kier alpha value is -1.08. The summed E-state index contributed by atoms with van der Waals surface area (Å²) in [4.78, 5) is 0. The molecule has 0 aliphatic carbocycles. The molecule has 1 heteroatoms. The maximum atomic E-state index is 3.80. The Morgan fingerprint density at radius 2 is 1.67 bits per heavy atom. The van der Waals surface area contributed by atoms with Crippen LogP contribution in [-0.4, -0.2) is 25.1 Å². The fraction of sp³-hybridized carbons (Fsp3) is 0.429. The largest absolute Gasteiger partial charge is 0.321 e. The van der Waals surface area contributed by atoms with Crippen molar-refractivity contribution in [2.75, 3.05) is 20.6 Å². The molecule has 0 fully saturated rings. The van der Waals surface area contributed by atoms with E-state index in [4.69, 9.17) is 0 Å². The predicted octanol–water partition coefficient (Wildman–Crippen LogP) is 3.01. The van der Waals surface area contributed by atoms with Crippen molar-refractivity contribution >= 4 is 0 Å². The maximum absolute atomic E-state index is 3.80. The number of likely N-dealkylation sites (N-methyl/N-ethyl adjacent to an activating group) is 1. The Balaban J connectivity index is 2.68. The Kier molecular flexibility index (Phi) is 4.10. The minimum absolute atomic E-state index is 0.967. The number of benzene rings is 1. The third kappa shape index (κ3) is 3.88. The molecule has 0 atom stereocenters. The molecule has 0 aromatic heterocycles. The molecule has 0 aliphatic heterocycles. The summed E-state index contributed by atoms with van der Waals surface area (Å²) in [6.45, 7) is 8.06. The van der Waals surface area contributed by atoms with Crippen molar-refractivity contribution in [3.05, 3.63) is 48.0 Å². The number of quaternary nitrogens is 1. The second kappa shape index (κ2) is 5.13. The Bertz CT molecular complexity index is 309. The highest BCUT2D eigenvalue weighted by Crippen LogP contribution is 2.11. The Morgan fingerprint density at radius 1 is 1.13 bits per heavy atom. The van der Waals surface area contributed by atoms with Crippen LogP contribution in [0.25, 0.3) is 0 Å². The highest BCUT2D eigenvalue weighted by molar-refractivity contribution is 5.21. The molecule has 0 amide bonds. The van der Waals surface area contributed by atoms with Gasteiger partial charge in [-0.15, -0.1) is 0 Å². The van der Waals surface area contributed by atoms with Crippen LogP contribution in [0.15, 0.2) is 36.9 Å². The van der Waals surface area contributed by atoms with E-state index in [9.17, 15) is 0 Å². The second-order valence-electron chi connectivity index (χ2n) is 4.74. The normalized spacial score (nSPS) is 11.4. The van der Waals surface area contributed by atoms with Crippen molar-refractivity contribution in [1.29, 1.82) is 0 Å². The van der Waals surface area contributed by atoms with Gasteiger partial charge in [0.05, 0.1) is 20.6 Å². The molecule has 1 rings (SSSR count). The van der Waals surface area contributed by atoms with E-state index in [0.29, 0.717) is 0 Å². The highest BCUT2D eigenvalue weighted by atomic mass is 15.3. The average Bonchev–Trinajstić information content (AvgIpc) is 2.18. The van der Waals surface area contributed by atoms with Crippen LogP contribution in [0.4, 0.5) is 0 Å². The van der Waals surface area contributed by atoms with Gasteiger partial charge in [-0.25, -0.2) is 0 Å². The molecule has 0 saturated heterocycles. The van der Waals surface area contributed by atoms with Crippen molar-refractivity contribution in [1.82, 2.24) is 0 Å². The molecule has 82 valence electrons. The van der Waals surface area contributed by atoms with Crippen molar-refractivity contribution in [3.8, 4) is 0 Å². The fourth-order valence-electron chi connectivity index (χ4n) is 1.79. The van der Waals surface area contributed by atoms with Crippen LogP contribution in [0.1, 0.15) is 18.1 Å². The summed E-state index contributed by atoms with van der Waals surface area (Å²) in [6.07, 6.45) is 3.10. The first-order chi connectivity index (χ1) is 7.07. The smallest absolute Gasteiger partial charge is 0.104 e. The van der Waals surface area contributed by atoms with Gasteiger partial charge < -0.3 is 4.48 Å². The Labute approximate surface area is 93.6 Å². The van der Waals surface area contributed by atoms with Crippen LogP contribution in [0.5, 0.6) is 0 Å². The molecule has 0 saturated carbocycles. The van der Waals surface area contributed by atoms with Gasteiger partial charge in [0.25, 0.3) is 0 Å². The van der Waals surface area contributed by atoms with Crippen molar-refractivity contribution in [2.45, 2.75) is 19.9 Å². The first-order valence-electron chi connectivity index (χ1n) is 5.58. The summed E-state index contributed by atoms with van der Waals surface area (Å²) in [5, 5.41) is 0. The summed E-state index contributed by atoms with van der Waals surface area (Å²) >= 11 is 0. The zero-order valence-corrected chi connectivity index (χ0v) is 10.2. The van der Waals surface area contributed by atoms with Gasteiger partial charge in [0.1, 0.15) is 6.54 Å². The van der Waals surface area contributed by atoms with Crippen LogP contribution < -0.4 is 0 Å². The molecule has 0 unspecified atom stereocenters. The van der Waals surface area contributed by atoms with E-state index in [1.54, 1.807) is 0 Å². The monoisotopic (exact) mass is 204 g/mol. The molecular weight excluding hydrogens is 182 g/mol. The maximum Gasteiger partial charge on any atom is 0.104 e. The molecule has 1 aromatic carbocycles. The summed E-state index contributed by atoms with van der Waals surface area (Å²) in [5.41, 5.74) is 2.81. The van der Waals surface area contributed by atoms with E-state index in [2.05, 4.69) is 51.9 Å². The average molecular weight is 204 g/mol. The van der Waals surface area contributed by atoms with E-state index in [1.165, 1.54) is 11.1 Å². The molecule has 0 heterocycles. The number of hydrogen-bond acceptors (Lipinski definition) is 0. The first-order valence-corrected chi connectivity index (χ1v) is 5.58. The number of nitrogens with zero attached hydrogens (tertiary/aromatic N) is 1. The molecular formula is C14H22N+. The third-order valence-corrected chi connectivity index (χ3v) is 2.67. The van der Waals surface area contributed by atoms with Crippen molar-refractivity contribution in [2.24, 2.45) is 0 Å². The minimum Gasteiger partial charge on any atom is -0.321 e. The van der Waals surface area contributed by atoms with Gasteiger partial charge in [-0.1, -0.05) is 37.8 Å². The minimum atomic E-state index is 0.967. The van der Waals surface area contributed by atoms with E-state index < -0.39 is 0 Å². The van der Waals surface area contributed by atoms with Crippen molar-refractivity contribution < 1.29 is 4.48 Å². The standard InChI is InChI=1S/C14H22N/c1-5-11-15(3,4)12-14-9-7-13(6-2)8-10-14/h5,7-10H,1,6,11-12H2,2-4H3/q+1. The quantitative estimate of drug-likeness (QED) is 0.511. The first kappa shape index (κ1) is 12.0. The molecule has 15 heavy (non-hydrogen) atoms. The van der Waals surface area contributed by atoms with E-state index in [0.717, 1.165) is 24.0 Å². The number of rotatable bonds is 5. The van der Waals surface area contributed by atoms with E-state index in [1.807, 2.05) is 6.08 Å². The number of aryl methyl sites for hydroxylation is 1. The van der Waals surface area contributed by atoms with Crippen LogP contribution in [0.3, 0.4) is 0 Å². The lowest BCUT2D eigenvalue weighted by Crippen LogP contribution is -2.38. The van der Waals surface area contributed by atoms with Gasteiger partial charge >= 0.3 is 0 Å². The fourth-order valence-corrected chi connectivity index (χ4v) is 1.79. The molecule has 0 spiro atoms. The highest BCUT2D eigenvalue weighted by Gasteiger charge is 2.12. The van der Waals surface area contributed by atoms with Crippen molar-refractivity contribution in [3.63, 3.8) is 0 Å². The van der Waals surface area contributed by atoms with Crippen LogP contribution >= 0.6 is 0 Å². The van der Waals surface area contributed by atoms with Gasteiger partial charge in [0.15, 0.2) is 0 Å². The van der Waals surface area contributed by atoms with Gasteiger partial charge in [-0.05, 0) is 18.1 Å². The summed E-state index contributed by atoms with van der Waals surface area (Å²) in [5.74, 6) is 0. The second-order valence-corrected chi connectivity index (χ2v) is 4.74. The summed E-state index contributed by atoms with van der Waals surface area (Å²) in [7, 11) is 4.46. The van der Waals surface area contributed by atoms with E-state index in [-0.39, 0.29) is 0 Å². The number of hydrogen-bond donors (Lipinski definition) is 0. The molecule has 0 bridgehead atoms. The van der Waals surface area contributed by atoms with Crippen LogP contribution in [0.2, 0.25) is 0 Å². The zero-order valence-electron chi connectivity index (χ0n) is 10.2. The molecule has 0 radical (unpaired) electrons. The molecule has 0 N–H and O–H groups in total. The molecule has 1 nitrogen and oxygen atoms in total. The predicted molar refractivity (Wildman–Crippen MR) is 66.7 cm³/mol. The van der Waals surface area contributed by atoms with Crippen LogP contribution in [-0.2, 0) is 13.0 Å². The van der Waals surface area contributed by atoms with E-state index >= 15 is 0 Å². The van der Waals surface area contributed by atoms with Gasteiger partial charge in [0.2, 0.25) is 0 Å². The summed E-state index contributed by atoms with van der Waals surface area (Å²) in [6, 6.07) is 8.93. The lowest BCUT2D eigenvalue weighted by molar-refractivity contribution is -0.897. The van der Waals surface area contributed by atoms with Gasteiger partial charge in [-0.3, -0.25) is 0 Å². The van der Waals surface area contributed by atoms with Crippen LogP contribution in [0, 0.1) is 0 Å². The summed E-state index contributed by atoms with van der Waals surface area (Å²) < 4.78 is 0.967. The van der Waals surface area contributed by atoms with Gasteiger partial charge in [-0.2, -0.15) is 0 Å². The zero-order chi connectivity index (χ0) is 11.3. The molecule has 0 aliphatic rings.